The average molecular weight is 344 g/mol. The number of ether oxygens (including phenoxy) is 1. The number of nitrogens with zero attached hydrogens (tertiary/aromatic N) is 4. The number of benzene rings is 2. The zero-order chi connectivity index (χ0) is 17.9. The molecule has 2 aromatic heterocycles. The van der Waals surface area contributed by atoms with Gasteiger partial charge in [0.15, 0.2) is 0 Å². The summed E-state index contributed by atoms with van der Waals surface area (Å²) < 4.78 is 7.18. The lowest BCUT2D eigenvalue weighted by atomic mass is 10.2. The second-order valence-corrected chi connectivity index (χ2v) is 6.01. The third-order valence-corrected chi connectivity index (χ3v) is 4.01. The lowest BCUT2D eigenvalue weighted by Gasteiger charge is -2.08. The number of aromatic nitrogens is 4. The smallest absolute Gasteiger partial charge is 0.278 e. The molecule has 0 aliphatic carbocycles. The van der Waals surface area contributed by atoms with Gasteiger partial charge in [0.05, 0.1) is 11.9 Å². The van der Waals surface area contributed by atoms with Gasteiger partial charge in [-0.05, 0) is 48.9 Å². The van der Waals surface area contributed by atoms with Crippen LogP contribution in [0.2, 0.25) is 0 Å². The SMILES string of the molecule is Cc1ccc(Oc2ccc3nnn(Cc4cccnc4)c(=O)c3c2)cc1. The fourth-order valence-corrected chi connectivity index (χ4v) is 2.63. The van der Waals surface area contributed by atoms with Gasteiger partial charge in [-0.15, -0.1) is 5.10 Å². The summed E-state index contributed by atoms with van der Waals surface area (Å²) in [6, 6.07) is 16.7. The molecule has 6 heteroatoms. The molecule has 2 aromatic carbocycles. The number of fused-ring (bicyclic) bond motifs is 1. The number of aryl methyl sites for hydroxylation is 1. The second kappa shape index (κ2) is 6.76. The van der Waals surface area contributed by atoms with Crippen LogP contribution in [0.25, 0.3) is 10.9 Å². The van der Waals surface area contributed by atoms with Gasteiger partial charge in [0.2, 0.25) is 0 Å². The molecule has 0 saturated heterocycles. The van der Waals surface area contributed by atoms with Gasteiger partial charge in [-0.25, -0.2) is 4.68 Å². The third kappa shape index (κ3) is 3.30. The predicted octanol–water partition coefficient (Wildman–Crippen LogP) is 3.34. The Kier molecular flexibility index (Phi) is 4.15. The van der Waals surface area contributed by atoms with E-state index >= 15 is 0 Å². The number of rotatable bonds is 4. The van der Waals surface area contributed by atoms with Gasteiger partial charge in [0, 0.05) is 12.4 Å². The fraction of sp³-hybridized carbons (Fsp3) is 0.100. The summed E-state index contributed by atoms with van der Waals surface area (Å²) in [6.45, 7) is 2.34. The lowest BCUT2D eigenvalue weighted by molar-refractivity contribution is 0.483. The Labute approximate surface area is 149 Å². The maximum absolute atomic E-state index is 12.8. The Morgan fingerprint density at radius 2 is 1.85 bits per heavy atom. The second-order valence-electron chi connectivity index (χ2n) is 6.01. The Bertz CT molecular complexity index is 1110. The van der Waals surface area contributed by atoms with Gasteiger partial charge in [0.25, 0.3) is 5.56 Å². The minimum Gasteiger partial charge on any atom is -0.457 e. The maximum atomic E-state index is 12.8. The van der Waals surface area contributed by atoms with E-state index in [9.17, 15) is 4.79 Å². The zero-order valence-corrected chi connectivity index (χ0v) is 14.2. The van der Waals surface area contributed by atoms with E-state index in [2.05, 4.69) is 15.3 Å². The van der Waals surface area contributed by atoms with E-state index in [0.717, 1.165) is 11.1 Å². The molecule has 0 fully saturated rings. The van der Waals surface area contributed by atoms with E-state index in [1.54, 1.807) is 30.6 Å². The van der Waals surface area contributed by atoms with Crippen molar-refractivity contribution in [1.82, 2.24) is 20.0 Å². The summed E-state index contributed by atoms with van der Waals surface area (Å²) in [7, 11) is 0. The molecule has 0 N–H and O–H groups in total. The lowest BCUT2D eigenvalue weighted by Crippen LogP contribution is -2.24. The number of hydrogen-bond acceptors (Lipinski definition) is 5. The molecule has 6 nitrogen and oxygen atoms in total. The summed E-state index contributed by atoms with van der Waals surface area (Å²) in [5.41, 5.74) is 2.36. The fourth-order valence-electron chi connectivity index (χ4n) is 2.63. The van der Waals surface area contributed by atoms with Crippen LogP contribution in [0.15, 0.2) is 71.8 Å². The molecular formula is C20H16N4O2. The summed E-state index contributed by atoms with van der Waals surface area (Å²) in [5, 5.41) is 8.61. The highest BCUT2D eigenvalue weighted by atomic mass is 16.5. The van der Waals surface area contributed by atoms with Crippen molar-refractivity contribution >= 4 is 10.9 Å². The monoisotopic (exact) mass is 344 g/mol. The highest BCUT2D eigenvalue weighted by Crippen LogP contribution is 2.23. The summed E-state index contributed by atoms with van der Waals surface area (Å²) in [6.07, 6.45) is 3.39. The molecule has 0 saturated carbocycles. The molecule has 0 spiro atoms. The van der Waals surface area contributed by atoms with Crippen LogP contribution in [-0.2, 0) is 6.54 Å². The van der Waals surface area contributed by atoms with E-state index in [-0.39, 0.29) is 5.56 Å². The van der Waals surface area contributed by atoms with Crippen LogP contribution in [0.1, 0.15) is 11.1 Å². The van der Waals surface area contributed by atoms with Crippen molar-refractivity contribution in [3.05, 3.63) is 88.5 Å². The third-order valence-electron chi connectivity index (χ3n) is 4.01. The largest absolute Gasteiger partial charge is 0.457 e. The van der Waals surface area contributed by atoms with Crippen molar-refractivity contribution in [3.8, 4) is 11.5 Å². The van der Waals surface area contributed by atoms with Crippen LogP contribution in [-0.4, -0.2) is 20.0 Å². The van der Waals surface area contributed by atoms with Crippen molar-refractivity contribution in [3.63, 3.8) is 0 Å². The Balaban J connectivity index is 1.68. The summed E-state index contributed by atoms with van der Waals surface area (Å²) in [5.74, 6) is 1.30. The van der Waals surface area contributed by atoms with Gasteiger partial charge in [0.1, 0.15) is 17.0 Å². The van der Waals surface area contributed by atoms with Crippen molar-refractivity contribution < 1.29 is 4.74 Å². The average Bonchev–Trinajstić information content (AvgIpc) is 2.67. The Morgan fingerprint density at radius 1 is 1.04 bits per heavy atom. The van der Waals surface area contributed by atoms with Crippen molar-refractivity contribution in [2.75, 3.05) is 0 Å². The van der Waals surface area contributed by atoms with Gasteiger partial charge < -0.3 is 4.74 Å². The van der Waals surface area contributed by atoms with E-state index in [4.69, 9.17) is 4.74 Å². The molecule has 0 aliphatic rings. The van der Waals surface area contributed by atoms with Gasteiger partial charge in [-0.2, -0.15) is 0 Å². The Morgan fingerprint density at radius 3 is 2.62 bits per heavy atom. The van der Waals surface area contributed by atoms with Crippen LogP contribution >= 0.6 is 0 Å². The van der Waals surface area contributed by atoms with Crippen molar-refractivity contribution in [2.24, 2.45) is 0 Å². The number of pyridine rings is 1. The van der Waals surface area contributed by atoms with Crippen LogP contribution in [0, 0.1) is 6.92 Å². The van der Waals surface area contributed by atoms with Crippen LogP contribution < -0.4 is 10.3 Å². The van der Waals surface area contributed by atoms with Gasteiger partial charge >= 0.3 is 0 Å². The molecular weight excluding hydrogens is 328 g/mol. The van der Waals surface area contributed by atoms with Crippen LogP contribution in [0.3, 0.4) is 0 Å². The summed E-state index contributed by atoms with van der Waals surface area (Å²) >= 11 is 0. The molecule has 0 unspecified atom stereocenters. The molecule has 0 atom stereocenters. The highest BCUT2D eigenvalue weighted by molar-refractivity contribution is 5.78. The first-order valence-electron chi connectivity index (χ1n) is 8.20. The van der Waals surface area contributed by atoms with E-state index < -0.39 is 0 Å². The molecule has 128 valence electrons. The minimum absolute atomic E-state index is 0.215. The molecule has 4 aromatic rings. The highest BCUT2D eigenvalue weighted by Gasteiger charge is 2.08. The predicted molar refractivity (Wildman–Crippen MR) is 98.4 cm³/mol. The molecule has 0 radical (unpaired) electrons. The van der Waals surface area contributed by atoms with Crippen molar-refractivity contribution in [2.45, 2.75) is 13.5 Å². The van der Waals surface area contributed by atoms with Crippen molar-refractivity contribution in [1.29, 1.82) is 0 Å². The molecule has 26 heavy (non-hydrogen) atoms. The minimum atomic E-state index is -0.215. The van der Waals surface area contributed by atoms with E-state index in [1.165, 1.54) is 4.68 Å². The molecule has 0 bridgehead atoms. The van der Waals surface area contributed by atoms with E-state index in [0.29, 0.717) is 28.9 Å². The summed E-state index contributed by atoms with van der Waals surface area (Å²) in [4.78, 5) is 16.8. The normalized spacial score (nSPS) is 10.8. The van der Waals surface area contributed by atoms with Gasteiger partial charge in [-0.3, -0.25) is 9.78 Å². The standard InChI is InChI=1S/C20H16N4O2/c1-14-4-6-16(7-5-14)26-17-8-9-19-18(11-17)20(25)24(23-22-19)13-15-3-2-10-21-12-15/h2-12H,13H2,1H3. The Hall–Kier alpha value is -3.54. The number of hydrogen-bond donors (Lipinski definition) is 0. The first kappa shape index (κ1) is 16.0. The molecule has 0 amide bonds. The van der Waals surface area contributed by atoms with E-state index in [1.807, 2.05) is 43.3 Å². The molecule has 2 heterocycles. The zero-order valence-electron chi connectivity index (χ0n) is 14.2. The van der Waals surface area contributed by atoms with Crippen LogP contribution in [0.4, 0.5) is 0 Å². The first-order valence-corrected chi connectivity index (χ1v) is 8.20. The molecule has 0 aliphatic heterocycles. The molecule has 4 rings (SSSR count). The van der Waals surface area contributed by atoms with Gasteiger partial charge in [-0.1, -0.05) is 29.0 Å². The topological polar surface area (TPSA) is 69.9 Å². The first-order chi connectivity index (χ1) is 12.7. The maximum Gasteiger partial charge on any atom is 0.278 e. The van der Waals surface area contributed by atoms with Crippen LogP contribution in [0.5, 0.6) is 11.5 Å². The quantitative estimate of drug-likeness (QED) is 0.568.